The fraction of sp³-hybridized carbons (Fsp3) is 0.375. The van der Waals surface area contributed by atoms with Gasteiger partial charge in [0.1, 0.15) is 11.9 Å². The average molecular weight is 298 g/mol. The number of anilines is 1. The SMILES string of the molecule is CN(C)Cc1csc(-c2cc(C3CC3)c(C#N)c(N)n2)c1. The van der Waals surface area contributed by atoms with E-state index >= 15 is 0 Å². The zero-order valence-corrected chi connectivity index (χ0v) is 13.1. The fourth-order valence-corrected chi connectivity index (χ4v) is 3.37. The first-order valence-corrected chi connectivity index (χ1v) is 7.89. The lowest BCUT2D eigenvalue weighted by Crippen LogP contribution is -2.09. The quantitative estimate of drug-likeness (QED) is 0.941. The monoisotopic (exact) mass is 298 g/mol. The summed E-state index contributed by atoms with van der Waals surface area (Å²) in [6, 6.07) is 6.42. The highest BCUT2D eigenvalue weighted by atomic mass is 32.1. The number of nitrogen functional groups attached to an aromatic ring is 1. The van der Waals surface area contributed by atoms with Gasteiger partial charge in [-0.15, -0.1) is 11.3 Å². The molecule has 2 aromatic rings. The van der Waals surface area contributed by atoms with Crippen LogP contribution in [0.4, 0.5) is 5.82 Å². The predicted molar refractivity (Wildman–Crippen MR) is 86.0 cm³/mol. The minimum absolute atomic E-state index is 0.361. The molecule has 0 spiro atoms. The average Bonchev–Trinajstić information content (AvgIpc) is 3.18. The number of thiophene rings is 1. The van der Waals surface area contributed by atoms with Gasteiger partial charge >= 0.3 is 0 Å². The van der Waals surface area contributed by atoms with E-state index in [1.54, 1.807) is 11.3 Å². The Morgan fingerprint density at radius 2 is 2.19 bits per heavy atom. The number of nitrogens with zero attached hydrogens (tertiary/aromatic N) is 3. The van der Waals surface area contributed by atoms with E-state index in [2.05, 4.69) is 47.6 Å². The van der Waals surface area contributed by atoms with Crippen LogP contribution >= 0.6 is 11.3 Å². The Bertz CT molecular complexity index is 708. The molecule has 0 saturated heterocycles. The van der Waals surface area contributed by atoms with E-state index in [-0.39, 0.29) is 0 Å². The molecule has 0 aliphatic heterocycles. The smallest absolute Gasteiger partial charge is 0.142 e. The molecule has 1 aliphatic rings. The fourth-order valence-electron chi connectivity index (χ4n) is 2.51. The summed E-state index contributed by atoms with van der Waals surface area (Å²) in [6.07, 6.45) is 2.29. The van der Waals surface area contributed by atoms with Crippen LogP contribution in [0.25, 0.3) is 10.6 Å². The molecule has 0 atom stereocenters. The number of hydrogen-bond donors (Lipinski definition) is 1. The van der Waals surface area contributed by atoms with Gasteiger partial charge in [0.15, 0.2) is 0 Å². The van der Waals surface area contributed by atoms with Gasteiger partial charge in [0.2, 0.25) is 0 Å². The molecule has 1 fully saturated rings. The van der Waals surface area contributed by atoms with Gasteiger partial charge in [-0.3, -0.25) is 0 Å². The van der Waals surface area contributed by atoms with Crippen molar-refractivity contribution in [2.75, 3.05) is 19.8 Å². The van der Waals surface area contributed by atoms with E-state index < -0.39 is 0 Å². The molecule has 1 saturated carbocycles. The van der Waals surface area contributed by atoms with Crippen LogP contribution < -0.4 is 5.73 Å². The minimum Gasteiger partial charge on any atom is -0.383 e. The molecule has 4 nitrogen and oxygen atoms in total. The molecule has 0 radical (unpaired) electrons. The number of hydrogen-bond acceptors (Lipinski definition) is 5. The first kappa shape index (κ1) is 14.1. The third-order valence-electron chi connectivity index (χ3n) is 3.61. The number of nitriles is 1. The number of aromatic nitrogens is 1. The molecule has 3 rings (SSSR count). The standard InChI is InChI=1S/C16H18N4S/c1-20(2)8-10-5-15(21-9-10)14-6-12(11-3-4-11)13(7-17)16(18)19-14/h5-6,9,11H,3-4,8H2,1-2H3,(H2,18,19). The molecule has 2 heterocycles. The normalized spacial score (nSPS) is 14.4. The summed E-state index contributed by atoms with van der Waals surface area (Å²) in [5, 5.41) is 11.4. The van der Waals surface area contributed by atoms with Crippen molar-refractivity contribution < 1.29 is 0 Å². The van der Waals surface area contributed by atoms with Crippen LogP contribution in [0.1, 0.15) is 35.4 Å². The Morgan fingerprint density at radius 1 is 1.43 bits per heavy atom. The molecule has 108 valence electrons. The Hall–Kier alpha value is -1.90. The van der Waals surface area contributed by atoms with Crippen LogP contribution in [0.15, 0.2) is 17.5 Å². The van der Waals surface area contributed by atoms with Gasteiger partial charge in [0.05, 0.1) is 16.1 Å². The van der Waals surface area contributed by atoms with Crippen molar-refractivity contribution in [1.82, 2.24) is 9.88 Å². The highest BCUT2D eigenvalue weighted by Crippen LogP contribution is 2.44. The molecule has 0 aromatic carbocycles. The molecular formula is C16H18N4S. The summed E-state index contributed by atoms with van der Waals surface area (Å²) in [6.45, 7) is 0.914. The lowest BCUT2D eigenvalue weighted by Gasteiger charge is -2.08. The Labute approximate surface area is 128 Å². The maximum absolute atomic E-state index is 9.27. The first-order chi connectivity index (χ1) is 10.1. The van der Waals surface area contributed by atoms with E-state index in [0.717, 1.165) is 35.5 Å². The Kier molecular flexibility index (Phi) is 3.66. The molecule has 2 aromatic heterocycles. The van der Waals surface area contributed by atoms with Crippen molar-refractivity contribution in [1.29, 1.82) is 5.26 Å². The predicted octanol–water partition coefficient (Wildman–Crippen LogP) is 3.20. The van der Waals surface area contributed by atoms with Crippen LogP contribution in [0.2, 0.25) is 0 Å². The van der Waals surface area contributed by atoms with Crippen LogP contribution in [0.3, 0.4) is 0 Å². The van der Waals surface area contributed by atoms with Crippen molar-refractivity contribution in [2.24, 2.45) is 0 Å². The zero-order chi connectivity index (χ0) is 15.0. The van der Waals surface area contributed by atoms with E-state index in [1.807, 2.05) is 0 Å². The summed E-state index contributed by atoms with van der Waals surface area (Å²) in [5.41, 5.74) is 9.79. The highest BCUT2D eigenvalue weighted by molar-refractivity contribution is 7.13. The molecule has 0 bridgehead atoms. The number of rotatable bonds is 4. The Morgan fingerprint density at radius 3 is 2.81 bits per heavy atom. The van der Waals surface area contributed by atoms with E-state index in [0.29, 0.717) is 17.3 Å². The van der Waals surface area contributed by atoms with Gasteiger partial charge < -0.3 is 10.6 Å². The van der Waals surface area contributed by atoms with E-state index in [4.69, 9.17) is 5.73 Å². The van der Waals surface area contributed by atoms with Gasteiger partial charge in [-0.1, -0.05) is 0 Å². The maximum Gasteiger partial charge on any atom is 0.142 e. The van der Waals surface area contributed by atoms with Crippen molar-refractivity contribution >= 4 is 17.2 Å². The summed E-state index contributed by atoms with van der Waals surface area (Å²) >= 11 is 1.68. The zero-order valence-electron chi connectivity index (χ0n) is 12.3. The van der Waals surface area contributed by atoms with Crippen molar-refractivity contribution in [3.8, 4) is 16.6 Å². The minimum atomic E-state index is 0.361. The largest absolute Gasteiger partial charge is 0.383 e. The number of nitrogens with two attached hydrogens (primary N) is 1. The summed E-state index contributed by atoms with van der Waals surface area (Å²) in [7, 11) is 4.11. The molecular weight excluding hydrogens is 280 g/mol. The molecule has 0 unspecified atom stereocenters. The first-order valence-electron chi connectivity index (χ1n) is 7.01. The number of pyridine rings is 1. The molecule has 2 N–H and O–H groups in total. The second-order valence-electron chi connectivity index (χ2n) is 5.80. The third kappa shape index (κ3) is 2.92. The molecule has 5 heteroatoms. The van der Waals surface area contributed by atoms with Crippen LogP contribution in [-0.4, -0.2) is 24.0 Å². The van der Waals surface area contributed by atoms with Crippen LogP contribution in [0.5, 0.6) is 0 Å². The van der Waals surface area contributed by atoms with E-state index in [1.165, 1.54) is 5.56 Å². The topological polar surface area (TPSA) is 65.9 Å². The maximum atomic E-state index is 9.27. The summed E-state index contributed by atoms with van der Waals surface area (Å²) in [5.74, 6) is 0.851. The third-order valence-corrected chi connectivity index (χ3v) is 4.61. The summed E-state index contributed by atoms with van der Waals surface area (Å²) in [4.78, 5) is 7.69. The second kappa shape index (κ2) is 5.47. The van der Waals surface area contributed by atoms with Crippen LogP contribution in [-0.2, 0) is 6.54 Å². The summed E-state index contributed by atoms with van der Waals surface area (Å²) < 4.78 is 0. The lowest BCUT2D eigenvalue weighted by molar-refractivity contribution is 0.403. The van der Waals surface area contributed by atoms with Gasteiger partial charge in [-0.25, -0.2) is 4.98 Å². The van der Waals surface area contributed by atoms with Crippen molar-refractivity contribution in [3.05, 3.63) is 34.2 Å². The second-order valence-corrected chi connectivity index (χ2v) is 6.71. The lowest BCUT2D eigenvalue weighted by atomic mass is 10.0. The van der Waals surface area contributed by atoms with Gasteiger partial charge in [0.25, 0.3) is 0 Å². The molecule has 1 aliphatic carbocycles. The molecule has 21 heavy (non-hydrogen) atoms. The van der Waals surface area contributed by atoms with Gasteiger partial charge in [-0.2, -0.15) is 5.26 Å². The van der Waals surface area contributed by atoms with Gasteiger partial charge in [-0.05, 0) is 61.5 Å². The van der Waals surface area contributed by atoms with Crippen molar-refractivity contribution in [2.45, 2.75) is 25.3 Å². The Balaban J connectivity index is 1.99. The van der Waals surface area contributed by atoms with Crippen molar-refractivity contribution in [3.63, 3.8) is 0 Å². The molecule has 0 amide bonds. The van der Waals surface area contributed by atoms with Gasteiger partial charge in [0, 0.05) is 6.54 Å². The highest BCUT2D eigenvalue weighted by Gasteiger charge is 2.28. The van der Waals surface area contributed by atoms with Crippen LogP contribution in [0, 0.1) is 11.3 Å². The van der Waals surface area contributed by atoms with E-state index in [9.17, 15) is 5.26 Å².